The van der Waals surface area contributed by atoms with Gasteiger partial charge in [0.25, 0.3) is 5.91 Å². The second kappa shape index (κ2) is 13.1. The van der Waals surface area contributed by atoms with Crippen LogP contribution in [0.2, 0.25) is 0 Å². The molecule has 0 bridgehead atoms. The molecule has 1 aromatic heterocycles. The Hall–Kier alpha value is -2.10. The van der Waals surface area contributed by atoms with Gasteiger partial charge < -0.3 is 9.73 Å². The van der Waals surface area contributed by atoms with Crippen LogP contribution in [-0.4, -0.2) is 12.5 Å². The van der Waals surface area contributed by atoms with Gasteiger partial charge in [0.1, 0.15) is 5.58 Å². The molecule has 2 rings (SSSR count). The van der Waals surface area contributed by atoms with E-state index in [1.54, 1.807) is 24.3 Å². The Balaban J connectivity index is 1.53. The molecule has 0 aliphatic carbocycles. The van der Waals surface area contributed by atoms with Gasteiger partial charge in [-0.25, -0.2) is 0 Å². The standard InChI is InChI=1S/C24H35NO3/c1-2-3-4-5-6-7-8-9-10-11-12-15-18-25-24(27)23-19-21(26)20-16-13-14-17-22(20)28-23/h13-14,16-17,19H,2-12,15,18H2,1H3,(H,25,27). The highest BCUT2D eigenvalue weighted by atomic mass is 16.3. The van der Waals surface area contributed by atoms with Crippen molar-refractivity contribution in [2.75, 3.05) is 6.54 Å². The van der Waals surface area contributed by atoms with Gasteiger partial charge in [-0.05, 0) is 18.6 Å². The van der Waals surface area contributed by atoms with E-state index < -0.39 is 0 Å². The van der Waals surface area contributed by atoms with Crippen molar-refractivity contribution in [1.82, 2.24) is 5.32 Å². The van der Waals surface area contributed by atoms with Crippen LogP contribution in [0.4, 0.5) is 0 Å². The Bertz CT molecular complexity index is 766. The van der Waals surface area contributed by atoms with Crippen molar-refractivity contribution < 1.29 is 9.21 Å². The Morgan fingerprint density at radius 1 is 0.857 bits per heavy atom. The summed E-state index contributed by atoms with van der Waals surface area (Å²) in [6, 6.07) is 8.26. The van der Waals surface area contributed by atoms with Gasteiger partial charge in [-0.3, -0.25) is 9.59 Å². The van der Waals surface area contributed by atoms with Crippen LogP contribution in [0.1, 0.15) is 94.5 Å². The number of nitrogens with one attached hydrogen (secondary N) is 1. The van der Waals surface area contributed by atoms with Crippen molar-refractivity contribution in [3.8, 4) is 0 Å². The van der Waals surface area contributed by atoms with Crippen LogP contribution < -0.4 is 10.7 Å². The van der Waals surface area contributed by atoms with Crippen molar-refractivity contribution in [2.45, 2.75) is 84.0 Å². The zero-order valence-electron chi connectivity index (χ0n) is 17.3. The SMILES string of the molecule is CCCCCCCCCCCCCCNC(=O)c1cc(=O)c2ccccc2o1. The monoisotopic (exact) mass is 385 g/mol. The Kier molecular flexibility index (Phi) is 10.4. The van der Waals surface area contributed by atoms with E-state index in [1.165, 1.54) is 70.3 Å². The summed E-state index contributed by atoms with van der Waals surface area (Å²) in [6.45, 7) is 2.87. The average Bonchev–Trinajstić information content (AvgIpc) is 2.71. The summed E-state index contributed by atoms with van der Waals surface area (Å²) < 4.78 is 5.56. The van der Waals surface area contributed by atoms with Gasteiger partial charge in [0.15, 0.2) is 11.2 Å². The number of fused-ring (bicyclic) bond motifs is 1. The molecule has 1 amide bonds. The van der Waals surface area contributed by atoms with Gasteiger partial charge in [-0.1, -0.05) is 89.7 Å². The lowest BCUT2D eigenvalue weighted by atomic mass is 10.1. The fourth-order valence-electron chi connectivity index (χ4n) is 3.47. The second-order valence-corrected chi connectivity index (χ2v) is 7.62. The second-order valence-electron chi connectivity index (χ2n) is 7.62. The summed E-state index contributed by atoms with van der Waals surface area (Å²) in [5, 5.41) is 3.35. The molecule has 0 unspecified atom stereocenters. The van der Waals surface area contributed by atoms with E-state index in [0.717, 1.165) is 12.8 Å². The van der Waals surface area contributed by atoms with Crippen LogP contribution in [0.5, 0.6) is 0 Å². The van der Waals surface area contributed by atoms with Crippen LogP contribution in [0.15, 0.2) is 39.5 Å². The lowest BCUT2D eigenvalue weighted by Crippen LogP contribution is -2.25. The molecule has 0 aliphatic rings. The number of carbonyl (C=O) groups is 1. The minimum Gasteiger partial charge on any atom is -0.451 e. The van der Waals surface area contributed by atoms with Crippen molar-refractivity contribution in [3.05, 3.63) is 46.3 Å². The van der Waals surface area contributed by atoms with E-state index in [4.69, 9.17) is 4.42 Å². The average molecular weight is 386 g/mol. The van der Waals surface area contributed by atoms with Gasteiger partial charge in [0, 0.05) is 12.6 Å². The first-order valence-corrected chi connectivity index (χ1v) is 11.0. The number of unbranched alkanes of at least 4 members (excludes halogenated alkanes) is 11. The number of amides is 1. The highest BCUT2D eigenvalue weighted by Gasteiger charge is 2.11. The lowest BCUT2D eigenvalue weighted by molar-refractivity contribution is 0.0926. The first kappa shape index (κ1) is 22.2. The largest absolute Gasteiger partial charge is 0.451 e. The zero-order chi connectivity index (χ0) is 20.0. The molecule has 0 radical (unpaired) electrons. The molecule has 0 saturated carbocycles. The molecule has 0 saturated heterocycles. The number of hydrogen-bond donors (Lipinski definition) is 1. The van der Waals surface area contributed by atoms with Crippen LogP contribution in [-0.2, 0) is 0 Å². The summed E-state index contributed by atoms with van der Waals surface area (Å²) in [5.41, 5.74) is 0.267. The molecule has 28 heavy (non-hydrogen) atoms. The first-order chi connectivity index (χ1) is 13.7. The van der Waals surface area contributed by atoms with Gasteiger partial charge in [0.2, 0.25) is 0 Å². The normalized spacial score (nSPS) is 11.0. The molecular formula is C24H35NO3. The zero-order valence-corrected chi connectivity index (χ0v) is 17.3. The van der Waals surface area contributed by atoms with Gasteiger partial charge >= 0.3 is 0 Å². The predicted molar refractivity (Wildman–Crippen MR) is 116 cm³/mol. The van der Waals surface area contributed by atoms with Crippen molar-refractivity contribution >= 4 is 16.9 Å². The molecule has 1 N–H and O–H groups in total. The number of benzene rings is 1. The molecular weight excluding hydrogens is 350 g/mol. The molecule has 4 heteroatoms. The fraction of sp³-hybridized carbons (Fsp3) is 0.583. The molecule has 4 nitrogen and oxygen atoms in total. The quantitative estimate of drug-likeness (QED) is 0.392. The molecule has 0 fully saturated rings. The molecule has 0 atom stereocenters. The molecule has 1 aromatic carbocycles. The maximum absolute atomic E-state index is 12.2. The van der Waals surface area contributed by atoms with Crippen LogP contribution in [0.3, 0.4) is 0 Å². The third-order valence-electron chi connectivity index (χ3n) is 5.17. The van der Waals surface area contributed by atoms with Crippen molar-refractivity contribution in [2.24, 2.45) is 0 Å². The van der Waals surface area contributed by atoms with Gasteiger partial charge in [-0.2, -0.15) is 0 Å². The summed E-state index contributed by atoms with van der Waals surface area (Å²) in [5.74, 6) is -0.228. The minimum absolute atomic E-state index is 0.0858. The van der Waals surface area contributed by atoms with Crippen molar-refractivity contribution in [3.63, 3.8) is 0 Å². The Labute approximate surface area is 168 Å². The van der Waals surface area contributed by atoms with Crippen LogP contribution >= 0.6 is 0 Å². The lowest BCUT2D eigenvalue weighted by Gasteiger charge is -2.06. The highest BCUT2D eigenvalue weighted by molar-refractivity contribution is 5.93. The van der Waals surface area contributed by atoms with Gasteiger partial charge in [-0.15, -0.1) is 0 Å². The first-order valence-electron chi connectivity index (χ1n) is 11.0. The van der Waals surface area contributed by atoms with E-state index in [9.17, 15) is 9.59 Å². The predicted octanol–water partition coefficient (Wildman–Crippen LogP) is 6.22. The maximum Gasteiger partial charge on any atom is 0.287 e. The highest BCUT2D eigenvalue weighted by Crippen LogP contribution is 2.13. The molecule has 154 valence electrons. The van der Waals surface area contributed by atoms with E-state index in [1.807, 2.05) is 0 Å². The summed E-state index contributed by atoms with van der Waals surface area (Å²) in [7, 11) is 0. The number of rotatable bonds is 14. The summed E-state index contributed by atoms with van der Waals surface area (Å²) >= 11 is 0. The maximum atomic E-state index is 12.2. The number of carbonyl (C=O) groups excluding carboxylic acids is 1. The number of para-hydroxylation sites is 1. The fourth-order valence-corrected chi connectivity index (χ4v) is 3.47. The van der Waals surface area contributed by atoms with E-state index in [-0.39, 0.29) is 17.1 Å². The Morgan fingerprint density at radius 2 is 1.43 bits per heavy atom. The smallest absolute Gasteiger partial charge is 0.287 e. The molecule has 2 aromatic rings. The van der Waals surface area contributed by atoms with Crippen LogP contribution in [0.25, 0.3) is 11.0 Å². The topological polar surface area (TPSA) is 59.3 Å². The minimum atomic E-state index is -0.314. The third-order valence-corrected chi connectivity index (χ3v) is 5.17. The molecule has 1 heterocycles. The van der Waals surface area contributed by atoms with E-state index in [2.05, 4.69) is 12.2 Å². The van der Waals surface area contributed by atoms with E-state index >= 15 is 0 Å². The molecule has 0 aliphatic heterocycles. The van der Waals surface area contributed by atoms with Crippen molar-refractivity contribution in [1.29, 1.82) is 0 Å². The molecule has 0 spiro atoms. The Morgan fingerprint density at radius 3 is 2.07 bits per heavy atom. The van der Waals surface area contributed by atoms with Crippen LogP contribution in [0, 0.1) is 0 Å². The number of hydrogen-bond acceptors (Lipinski definition) is 3. The van der Waals surface area contributed by atoms with Gasteiger partial charge in [0.05, 0.1) is 5.39 Å². The summed E-state index contributed by atoms with van der Waals surface area (Å²) in [4.78, 5) is 24.3. The van der Waals surface area contributed by atoms with E-state index in [0.29, 0.717) is 17.5 Å². The summed E-state index contributed by atoms with van der Waals surface area (Å²) in [6.07, 6.45) is 15.5. The third kappa shape index (κ3) is 7.87.